The molecular weight excluding hydrogens is 418 g/mol. The topological polar surface area (TPSA) is 70.6 Å². The van der Waals surface area contributed by atoms with Crippen molar-refractivity contribution in [1.29, 1.82) is 0 Å². The fourth-order valence-corrected chi connectivity index (χ4v) is 6.04. The van der Waals surface area contributed by atoms with Crippen molar-refractivity contribution >= 4 is 37.5 Å². The number of aromatic nitrogens is 1. The second kappa shape index (κ2) is 8.83. The maximum atomic E-state index is 12.8. The van der Waals surface area contributed by atoms with Crippen LogP contribution in [0.25, 0.3) is 10.2 Å². The Balaban J connectivity index is 1.27. The molecule has 8 heteroatoms. The fourth-order valence-electron chi connectivity index (χ4n) is 3.61. The number of aryl methyl sites for hydroxylation is 2. The van der Waals surface area contributed by atoms with Crippen LogP contribution < -0.4 is 0 Å². The number of fused-ring (bicyclic) bond motifs is 1. The molecule has 0 unspecified atom stereocenters. The highest BCUT2D eigenvalue weighted by Crippen LogP contribution is 2.23. The minimum atomic E-state index is -3.51. The number of amides is 1. The van der Waals surface area contributed by atoms with E-state index in [4.69, 9.17) is 0 Å². The van der Waals surface area contributed by atoms with Crippen LogP contribution in [0.2, 0.25) is 0 Å². The van der Waals surface area contributed by atoms with Crippen LogP contribution in [0, 0.1) is 6.92 Å². The van der Waals surface area contributed by atoms with Gasteiger partial charge in [-0.05, 0) is 44.0 Å². The fraction of sp³-hybridized carbons (Fsp3) is 0.364. The van der Waals surface area contributed by atoms with Crippen LogP contribution in [0.4, 0.5) is 0 Å². The number of para-hydroxylation sites is 1. The Bertz CT molecular complexity index is 1100. The summed E-state index contributed by atoms with van der Waals surface area (Å²) >= 11 is 1.68. The van der Waals surface area contributed by atoms with Crippen molar-refractivity contribution in [1.82, 2.24) is 14.2 Å². The highest BCUT2D eigenvalue weighted by Gasteiger charge is 2.29. The molecule has 6 nitrogen and oxygen atoms in total. The summed E-state index contributed by atoms with van der Waals surface area (Å²) in [5.74, 6) is 0.0866. The summed E-state index contributed by atoms with van der Waals surface area (Å²) in [6.45, 7) is 3.47. The van der Waals surface area contributed by atoms with Gasteiger partial charge in [-0.25, -0.2) is 13.4 Å². The van der Waals surface area contributed by atoms with Gasteiger partial charge in [0.05, 0.1) is 20.1 Å². The zero-order valence-electron chi connectivity index (χ0n) is 17.0. The van der Waals surface area contributed by atoms with E-state index in [1.807, 2.05) is 25.1 Å². The van der Waals surface area contributed by atoms with E-state index in [9.17, 15) is 13.2 Å². The summed E-state index contributed by atoms with van der Waals surface area (Å²) in [6, 6.07) is 14.9. The van der Waals surface area contributed by atoms with Gasteiger partial charge in [0.1, 0.15) is 0 Å². The van der Waals surface area contributed by atoms with Gasteiger partial charge in [0, 0.05) is 32.6 Å². The van der Waals surface area contributed by atoms with Crippen LogP contribution in [0.1, 0.15) is 23.4 Å². The summed E-state index contributed by atoms with van der Waals surface area (Å²) in [6.07, 6.45) is 1.99. The smallest absolute Gasteiger partial charge is 0.243 e. The van der Waals surface area contributed by atoms with Gasteiger partial charge in [-0.15, -0.1) is 11.3 Å². The molecule has 0 atom stereocenters. The van der Waals surface area contributed by atoms with Gasteiger partial charge >= 0.3 is 0 Å². The van der Waals surface area contributed by atoms with Crippen LogP contribution in [-0.2, 0) is 21.2 Å². The lowest BCUT2D eigenvalue weighted by molar-refractivity contribution is -0.132. The molecule has 30 heavy (non-hydrogen) atoms. The lowest BCUT2D eigenvalue weighted by Gasteiger charge is -2.34. The SMILES string of the molecule is Cc1ccc(S(=O)(=O)N2CCN(C(=O)CCCc3nc4ccccc4s3)CC2)cc1. The summed E-state index contributed by atoms with van der Waals surface area (Å²) in [7, 11) is -3.51. The number of benzene rings is 2. The Kier molecular flexibility index (Phi) is 6.17. The first-order chi connectivity index (χ1) is 14.4. The Morgan fingerprint density at radius 1 is 1.03 bits per heavy atom. The van der Waals surface area contributed by atoms with Gasteiger partial charge in [-0.1, -0.05) is 29.8 Å². The Hall–Kier alpha value is -2.29. The number of carbonyl (C=O) groups is 1. The number of thiazole rings is 1. The standard InChI is InChI=1S/C22H25N3O3S2/c1-17-9-11-18(12-10-17)30(27,28)25-15-13-24(14-16-25)22(26)8-4-7-21-23-19-5-2-3-6-20(19)29-21/h2-3,5-6,9-12H,4,7-8,13-16H2,1H3. The van der Waals surface area contributed by atoms with Crippen molar-refractivity contribution in [2.75, 3.05) is 26.2 Å². The van der Waals surface area contributed by atoms with Gasteiger partial charge in [0.15, 0.2) is 0 Å². The lowest BCUT2D eigenvalue weighted by Crippen LogP contribution is -2.50. The molecule has 0 bridgehead atoms. The van der Waals surface area contributed by atoms with E-state index in [2.05, 4.69) is 11.1 Å². The third-order valence-corrected chi connectivity index (χ3v) is 8.38. The molecule has 1 fully saturated rings. The molecule has 1 saturated heterocycles. The predicted molar refractivity (Wildman–Crippen MR) is 119 cm³/mol. The molecule has 0 N–H and O–H groups in total. The van der Waals surface area contributed by atoms with Crippen molar-refractivity contribution in [2.24, 2.45) is 0 Å². The van der Waals surface area contributed by atoms with E-state index >= 15 is 0 Å². The second-order valence-electron chi connectivity index (χ2n) is 7.53. The highest BCUT2D eigenvalue weighted by atomic mass is 32.2. The Labute approximate surface area is 181 Å². The zero-order valence-corrected chi connectivity index (χ0v) is 18.6. The van der Waals surface area contributed by atoms with E-state index in [0.29, 0.717) is 37.5 Å². The Morgan fingerprint density at radius 2 is 1.73 bits per heavy atom. The highest BCUT2D eigenvalue weighted by molar-refractivity contribution is 7.89. The zero-order chi connectivity index (χ0) is 21.1. The minimum Gasteiger partial charge on any atom is -0.340 e. The van der Waals surface area contributed by atoms with Gasteiger partial charge in [-0.2, -0.15) is 4.31 Å². The molecule has 2 aromatic carbocycles. The van der Waals surface area contributed by atoms with E-state index in [-0.39, 0.29) is 5.91 Å². The van der Waals surface area contributed by atoms with E-state index in [0.717, 1.165) is 28.9 Å². The van der Waals surface area contributed by atoms with Crippen LogP contribution in [0.5, 0.6) is 0 Å². The number of hydrogen-bond acceptors (Lipinski definition) is 5. The second-order valence-corrected chi connectivity index (χ2v) is 10.6. The molecule has 1 aliphatic rings. The third kappa shape index (κ3) is 4.55. The quantitative estimate of drug-likeness (QED) is 0.585. The summed E-state index contributed by atoms with van der Waals surface area (Å²) in [4.78, 5) is 19.3. The van der Waals surface area contributed by atoms with Crippen LogP contribution in [-0.4, -0.2) is 54.7 Å². The molecule has 1 amide bonds. The number of piperazine rings is 1. The van der Waals surface area contributed by atoms with Crippen LogP contribution >= 0.6 is 11.3 Å². The minimum absolute atomic E-state index is 0.0866. The van der Waals surface area contributed by atoms with Crippen molar-refractivity contribution in [3.8, 4) is 0 Å². The molecule has 0 saturated carbocycles. The first kappa shape index (κ1) is 21.0. The van der Waals surface area contributed by atoms with Crippen molar-refractivity contribution < 1.29 is 13.2 Å². The monoisotopic (exact) mass is 443 g/mol. The molecule has 158 valence electrons. The summed E-state index contributed by atoms with van der Waals surface area (Å²) < 4.78 is 28.2. The number of carbonyl (C=O) groups excluding carboxylic acids is 1. The number of sulfonamides is 1. The molecule has 1 aliphatic heterocycles. The number of nitrogens with zero attached hydrogens (tertiary/aromatic N) is 3. The van der Waals surface area contributed by atoms with Crippen LogP contribution in [0.3, 0.4) is 0 Å². The van der Waals surface area contributed by atoms with Crippen molar-refractivity contribution in [3.63, 3.8) is 0 Å². The molecule has 1 aromatic heterocycles. The average Bonchev–Trinajstić information content (AvgIpc) is 3.17. The first-order valence-corrected chi connectivity index (χ1v) is 12.4. The summed E-state index contributed by atoms with van der Waals surface area (Å²) in [5, 5.41) is 1.05. The normalized spacial score (nSPS) is 15.6. The molecule has 0 radical (unpaired) electrons. The van der Waals surface area contributed by atoms with Gasteiger partial charge in [0.25, 0.3) is 0 Å². The molecule has 2 heterocycles. The maximum Gasteiger partial charge on any atom is 0.243 e. The van der Waals surface area contributed by atoms with E-state index in [1.54, 1.807) is 40.5 Å². The molecular formula is C22H25N3O3S2. The first-order valence-electron chi connectivity index (χ1n) is 10.1. The van der Waals surface area contributed by atoms with Gasteiger partial charge < -0.3 is 4.90 Å². The maximum absolute atomic E-state index is 12.8. The predicted octanol–water partition coefficient (Wildman–Crippen LogP) is 3.46. The van der Waals surface area contributed by atoms with Crippen molar-refractivity contribution in [3.05, 3.63) is 59.1 Å². The molecule has 4 rings (SSSR count). The average molecular weight is 444 g/mol. The number of rotatable bonds is 6. The third-order valence-electron chi connectivity index (χ3n) is 5.37. The van der Waals surface area contributed by atoms with Gasteiger partial charge in [0.2, 0.25) is 15.9 Å². The number of hydrogen-bond donors (Lipinski definition) is 0. The van der Waals surface area contributed by atoms with Crippen LogP contribution in [0.15, 0.2) is 53.4 Å². The van der Waals surface area contributed by atoms with E-state index in [1.165, 1.54) is 9.01 Å². The van der Waals surface area contributed by atoms with Crippen molar-refractivity contribution in [2.45, 2.75) is 31.1 Å². The van der Waals surface area contributed by atoms with E-state index < -0.39 is 10.0 Å². The van der Waals surface area contributed by atoms with Gasteiger partial charge in [-0.3, -0.25) is 4.79 Å². The largest absolute Gasteiger partial charge is 0.340 e. The lowest BCUT2D eigenvalue weighted by atomic mass is 10.2. The summed E-state index contributed by atoms with van der Waals surface area (Å²) in [5.41, 5.74) is 2.03. The molecule has 3 aromatic rings. The molecule has 0 aliphatic carbocycles. The molecule has 0 spiro atoms. The Morgan fingerprint density at radius 3 is 2.43 bits per heavy atom.